The molecule has 21 heavy (non-hydrogen) atoms. The zero-order valence-corrected chi connectivity index (χ0v) is 11.3. The number of fused-ring (bicyclic) bond motifs is 1. The smallest absolute Gasteiger partial charge is 0.126 e. The van der Waals surface area contributed by atoms with Crippen molar-refractivity contribution in [1.29, 1.82) is 0 Å². The van der Waals surface area contributed by atoms with E-state index >= 15 is 0 Å². The van der Waals surface area contributed by atoms with Crippen molar-refractivity contribution in [2.45, 2.75) is 12.5 Å². The van der Waals surface area contributed by atoms with Crippen LogP contribution >= 0.6 is 0 Å². The van der Waals surface area contributed by atoms with Crippen molar-refractivity contribution in [2.24, 2.45) is 5.73 Å². The highest BCUT2D eigenvalue weighted by atomic mass is 19.1. The standard InChI is InChI=1S/C17H14F2N2/c18-12-7-11(8-13(19)10-12)9-16(20)14-5-6-21-17-4-2-1-3-15(14)17/h1-8,10,16H,9,20H2. The van der Waals surface area contributed by atoms with Crippen LogP contribution in [0.4, 0.5) is 8.78 Å². The molecule has 0 bridgehead atoms. The topological polar surface area (TPSA) is 38.9 Å². The number of nitrogens with two attached hydrogens (primary N) is 1. The van der Waals surface area contributed by atoms with Crippen LogP contribution in [0.3, 0.4) is 0 Å². The number of hydrogen-bond donors (Lipinski definition) is 1. The van der Waals surface area contributed by atoms with Crippen LogP contribution in [-0.4, -0.2) is 4.98 Å². The fourth-order valence-corrected chi connectivity index (χ4v) is 2.53. The number of halogens is 2. The van der Waals surface area contributed by atoms with Crippen molar-refractivity contribution in [3.05, 3.63) is 77.5 Å². The summed E-state index contributed by atoms with van der Waals surface area (Å²) in [7, 11) is 0. The predicted molar refractivity (Wildman–Crippen MR) is 78.7 cm³/mol. The number of pyridine rings is 1. The summed E-state index contributed by atoms with van der Waals surface area (Å²) >= 11 is 0. The van der Waals surface area contributed by atoms with E-state index in [-0.39, 0.29) is 6.04 Å². The number of benzene rings is 2. The number of rotatable bonds is 3. The molecule has 2 nitrogen and oxygen atoms in total. The van der Waals surface area contributed by atoms with Crippen molar-refractivity contribution in [3.63, 3.8) is 0 Å². The van der Waals surface area contributed by atoms with Crippen LogP contribution in [0, 0.1) is 11.6 Å². The second kappa shape index (κ2) is 5.58. The summed E-state index contributed by atoms with van der Waals surface area (Å²) in [4.78, 5) is 4.28. The Morgan fingerprint density at radius 3 is 2.48 bits per heavy atom. The molecule has 3 aromatic rings. The lowest BCUT2D eigenvalue weighted by Crippen LogP contribution is -2.14. The van der Waals surface area contributed by atoms with E-state index < -0.39 is 11.6 Å². The van der Waals surface area contributed by atoms with Gasteiger partial charge in [-0.15, -0.1) is 0 Å². The van der Waals surface area contributed by atoms with E-state index in [9.17, 15) is 8.78 Å². The van der Waals surface area contributed by atoms with Crippen LogP contribution in [0.2, 0.25) is 0 Å². The van der Waals surface area contributed by atoms with Gasteiger partial charge in [0.1, 0.15) is 11.6 Å². The maximum atomic E-state index is 13.2. The Balaban J connectivity index is 1.95. The summed E-state index contributed by atoms with van der Waals surface area (Å²) in [6, 6.07) is 12.7. The van der Waals surface area contributed by atoms with Crippen molar-refractivity contribution < 1.29 is 8.78 Å². The van der Waals surface area contributed by atoms with Gasteiger partial charge in [-0.1, -0.05) is 18.2 Å². The third-order valence-electron chi connectivity index (χ3n) is 3.46. The van der Waals surface area contributed by atoms with Gasteiger partial charge < -0.3 is 5.73 Å². The monoisotopic (exact) mass is 284 g/mol. The fourth-order valence-electron chi connectivity index (χ4n) is 2.53. The molecule has 0 amide bonds. The third-order valence-corrected chi connectivity index (χ3v) is 3.46. The molecule has 2 N–H and O–H groups in total. The molecule has 1 unspecified atom stereocenters. The average molecular weight is 284 g/mol. The Hall–Kier alpha value is -2.33. The lowest BCUT2D eigenvalue weighted by molar-refractivity contribution is 0.576. The Morgan fingerprint density at radius 1 is 1.00 bits per heavy atom. The Bertz CT molecular complexity index is 761. The first-order valence-electron chi connectivity index (χ1n) is 6.67. The summed E-state index contributed by atoms with van der Waals surface area (Å²) < 4.78 is 26.5. The van der Waals surface area contributed by atoms with Crippen LogP contribution in [-0.2, 0) is 6.42 Å². The highest BCUT2D eigenvalue weighted by Crippen LogP contribution is 2.24. The van der Waals surface area contributed by atoms with E-state index in [0.717, 1.165) is 22.5 Å². The number of para-hydroxylation sites is 1. The van der Waals surface area contributed by atoms with Gasteiger partial charge in [-0.2, -0.15) is 0 Å². The molecular formula is C17H14F2N2. The number of nitrogens with zero attached hydrogens (tertiary/aromatic N) is 1. The van der Waals surface area contributed by atoms with Crippen LogP contribution in [0.1, 0.15) is 17.2 Å². The summed E-state index contributed by atoms with van der Waals surface area (Å²) in [6.45, 7) is 0. The van der Waals surface area contributed by atoms with E-state index in [4.69, 9.17) is 5.73 Å². The van der Waals surface area contributed by atoms with E-state index in [2.05, 4.69) is 4.98 Å². The van der Waals surface area contributed by atoms with Gasteiger partial charge in [0, 0.05) is 23.7 Å². The van der Waals surface area contributed by atoms with Gasteiger partial charge in [-0.25, -0.2) is 8.78 Å². The van der Waals surface area contributed by atoms with Crippen molar-refractivity contribution in [1.82, 2.24) is 4.98 Å². The molecule has 0 fully saturated rings. The van der Waals surface area contributed by atoms with Crippen LogP contribution in [0.25, 0.3) is 10.9 Å². The molecule has 1 aromatic heterocycles. The zero-order valence-electron chi connectivity index (χ0n) is 11.3. The van der Waals surface area contributed by atoms with E-state index in [1.807, 2.05) is 30.3 Å². The zero-order chi connectivity index (χ0) is 14.8. The van der Waals surface area contributed by atoms with Gasteiger partial charge >= 0.3 is 0 Å². The maximum absolute atomic E-state index is 13.2. The molecule has 0 radical (unpaired) electrons. The van der Waals surface area contributed by atoms with Gasteiger partial charge in [0.15, 0.2) is 0 Å². The molecular weight excluding hydrogens is 270 g/mol. The van der Waals surface area contributed by atoms with Gasteiger partial charge in [0.25, 0.3) is 0 Å². The normalized spacial score (nSPS) is 12.5. The second-order valence-corrected chi connectivity index (χ2v) is 5.01. The van der Waals surface area contributed by atoms with Crippen LogP contribution < -0.4 is 5.73 Å². The third kappa shape index (κ3) is 2.90. The summed E-state index contributed by atoms with van der Waals surface area (Å²) in [5, 5.41) is 0.962. The Morgan fingerprint density at radius 2 is 1.71 bits per heavy atom. The minimum Gasteiger partial charge on any atom is -0.324 e. The molecule has 3 rings (SSSR count). The molecule has 0 spiro atoms. The van der Waals surface area contributed by atoms with E-state index in [0.29, 0.717) is 12.0 Å². The minimum absolute atomic E-state index is 0.348. The number of hydrogen-bond acceptors (Lipinski definition) is 2. The molecule has 1 atom stereocenters. The molecule has 1 heterocycles. The van der Waals surface area contributed by atoms with Gasteiger partial charge in [0.2, 0.25) is 0 Å². The molecule has 2 aromatic carbocycles. The molecule has 0 aliphatic carbocycles. The van der Waals surface area contributed by atoms with E-state index in [1.54, 1.807) is 6.20 Å². The predicted octanol–water partition coefficient (Wildman–Crippen LogP) is 3.76. The van der Waals surface area contributed by atoms with Gasteiger partial charge in [-0.3, -0.25) is 4.98 Å². The summed E-state index contributed by atoms with van der Waals surface area (Å²) in [5.74, 6) is -1.17. The highest BCUT2D eigenvalue weighted by molar-refractivity contribution is 5.82. The van der Waals surface area contributed by atoms with Gasteiger partial charge in [-0.05, 0) is 41.8 Å². The summed E-state index contributed by atoms with van der Waals surface area (Å²) in [6.07, 6.45) is 2.06. The molecule has 0 saturated carbocycles. The molecule has 0 aliphatic heterocycles. The molecule has 0 saturated heterocycles. The fraction of sp³-hybridized carbons (Fsp3) is 0.118. The SMILES string of the molecule is NC(Cc1cc(F)cc(F)c1)c1ccnc2ccccc12. The Labute approximate surface area is 121 Å². The summed E-state index contributed by atoms with van der Waals surface area (Å²) in [5.41, 5.74) is 8.54. The molecule has 106 valence electrons. The van der Waals surface area contributed by atoms with Gasteiger partial charge in [0.05, 0.1) is 5.52 Å². The lowest BCUT2D eigenvalue weighted by Gasteiger charge is -2.14. The first-order valence-corrected chi connectivity index (χ1v) is 6.67. The minimum atomic E-state index is -0.586. The van der Waals surface area contributed by atoms with Crippen LogP contribution in [0.15, 0.2) is 54.7 Å². The first-order chi connectivity index (χ1) is 10.1. The quantitative estimate of drug-likeness (QED) is 0.795. The maximum Gasteiger partial charge on any atom is 0.126 e. The molecule has 0 aliphatic rings. The van der Waals surface area contributed by atoms with Crippen LogP contribution in [0.5, 0.6) is 0 Å². The Kier molecular flexibility index (Phi) is 3.62. The second-order valence-electron chi connectivity index (χ2n) is 5.01. The lowest BCUT2D eigenvalue weighted by atomic mass is 9.97. The number of aromatic nitrogens is 1. The van der Waals surface area contributed by atoms with Crippen molar-refractivity contribution in [2.75, 3.05) is 0 Å². The largest absolute Gasteiger partial charge is 0.324 e. The highest BCUT2D eigenvalue weighted by Gasteiger charge is 2.12. The van der Waals surface area contributed by atoms with Crippen molar-refractivity contribution in [3.8, 4) is 0 Å². The van der Waals surface area contributed by atoms with Crippen molar-refractivity contribution >= 4 is 10.9 Å². The molecule has 4 heteroatoms. The average Bonchev–Trinajstić information content (AvgIpc) is 2.45. The van der Waals surface area contributed by atoms with E-state index in [1.165, 1.54) is 12.1 Å². The first kappa shape index (κ1) is 13.6.